The fourth-order valence-corrected chi connectivity index (χ4v) is 2.55. The number of hydrogen-bond donors (Lipinski definition) is 0. The zero-order valence-electron chi connectivity index (χ0n) is 15.1. The van der Waals surface area contributed by atoms with Gasteiger partial charge in [-0.3, -0.25) is 9.59 Å². The minimum Gasteiger partial charge on any atom is -0.436 e. The Labute approximate surface area is 133 Å². The van der Waals surface area contributed by atoms with Gasteiger partial charge in [-0.15, -0.1) is 10.2 Å². The molecule has 0 aliphatic carbocycles. The van der Waals surface area contributed by atoms with E-state index in [4.69, 9.17) is 9.47 Å². The van der Waals surface area contributed by atoms with E-state index < -0.39 is 23.4 Å². The normalized spacial score (nSPS) is 17.4. The highest BCUT2D eigenvalue weighted by Gasteiger charge is 2.33. The first-order valence-electron chi connectivity index (χ1n) is 7.70. The number of azo groups is 1. The summed E-state index contributed by atoms with van der Waals surface area (Å²) in [6, 6.07) is 0. The Morgan fingerprint density at radius 3 is 1.27 bits per heavy atom. The molecule has 128 valence electrons. The maximum Gasteiger partial charge on any atom is 0.304 e. The fourth-order valence-electron chi connectivity index (χ4n) is 2.55. The number of hydrogen-bond acceptors (Lipinski definition) is 6. The Hall–Kier alpha value is -1.46. The van der Waals surface area contributed by atoms with E-state index in [0.29, 0.717) is 12.8 Å². The van der Waals surface area contributed by atoms with Gasteiger partial charge in [-0.05, 0) is 25.7 Å². The van der Waals surface area contributed by atoms with Crippen molar-refractivity contribution in [3.8, 4) is 0 Å². The second-order valence-electron chi connectivity index (χ2n) is 6.93. The van der Waals surface area contributed by atoms with E-state index in [0.717, 1.165) is 0 Å². The van der Waals surface area contributed by atoms with Crippen LogP contribution in [0.5, 0.6) is 0 Å². The largest absolute Gasteiger partial charge is 0.436 e. The number of carbonyl (C=O) groups is 2. The maximum absolute atomic E-state index is 11.3. The van der Waals surface area contributed by atoms with Gasteiger partial charge in [0.25, 0.3) is 0 Å². The van der Waals surface area contributed by atoms with Gasteiger partial charge >= 0.3 is 11.9 Å². The van der Waals surface area contributed by atoms with Crippen LogP contribution in [-0.2, 0) is 19.1 Å². The number of carbonyl (C=O) groups excluding carboxylic acids is 2. The molecule has 0 saturated heterocycles. The van der Waals surface area contributed by atoms with Crippen LogP contribution in [0.15, 0.2) is 10.2 Å². The molecule has 22 heavy (non-hydrogen) atoms. The van der Waals surface area contributed by atoms with Crippen LogP contribution in [0.3, 0.4) is 0 Å². The lowest BCUT2D eigenvalue weighted by atomic mass is 10.0. The Kier molecular flexibility index (Phi) is 7.70. The lowest BCUT2D eigenvalue weighted by Crippen LogP contribution is -2.34. The van der Waals surface area contributed by atoms with Crippen molar-refractivity contribution in [2.24, 2.45) is 22.1 Å². The summed E-state index contributed by atoms with van der Waals surface area (Å²) >= 11 is 0. The van der Waals surface area contributed by atoms with Crippen molar-refractivity contribution in [2.75, 3.05) is 0 Å². The molecule has 6 nitrogen and oxygen atoms in total. The second kappa shape index (κ2) is 8.25. The second-order valence-corrected chi connectivity index (χ2v) is 6.93. The SMILES string of the molecule is CC(=O)OC(C)(CC(C)C)N=NC(C)(CC(C)C)OC(C)=O. The van der Waals surface area contributed by atoms with E-state index in [1.807, 2.05) is 27.7 Å². The topological polar surface area (TPSA) is 77.3 Å². The van der Waals surface area contributed by atoms with E-state index >= 15 is 0 Å². The van der Waals surface area contributed by atoms with E-state index in [1.54, 1.807) is 13.8 Å². The Morgan fingerprint density at radius 1 is 0.818 bits per heavy atom. The molecule has 0 aliphatic rings. The van der Waals surface area contributed by atoms with Gasteiger partial charge in [0, 0.05) is 26.7 Å². The molecule has 0 aromatic heterocycles. The summed E-state index contributed by atoms with van der Waals surface area (Å²) in [6.45, 7) is 14.1. The molecule has 0 spiro atoms. The molecule has 0 N–H and O–H groups in total. The highest BCUT2D eigenvalue weighted by Crippen LogP contribution is 2.28. The summed E-state index contributed by atoms with van der Waals surface area (Å²) in [5, 5.41) is 8.44. The summed E-state index contributed by atoms with van der Waals surface area (Å²) in [5.74, 6) is -0.290. The molecule has 0 radical (unpaired) electrons. The summed E-state index contributed by atoms with van der Waals surface area (Å²) in [4.78, 5) is 22.6. The van der Waals surface area contributed by atoms with Crippen LogP contribution in [0.4, 0.5) is 0 Å². The van der Waals surface area contributed by atoms with E-state index in [1.165, 1.54) is 13.8 Å². The molecule has 0 aliphatic heterocycles. The molecular weight excluding hydrogens is 284 g/mol. The molecule has 0 rings (SSSR count). The molecule has 0 aromatic rings. The zero-order valence-corrected chi connectivity index (χ0v) is 15.1. The van der Waals surface area contributed by atoms with Crippen LogP contribution in [0, 0.1) is 11.8 Å². The number of ether oxygens (including phenoxy) is 2. The van der Waals surface area contributed by atoms with Crippen molar-refractivity contribution in [1.29, 1.82) is 0 Å². The smallest absolute Gasteiger partial charge is 0.304 e. The fraction of sp³-hybridized carbons (Fsp3) is 0.875. The van der Waals surface area contributed by atoms with Gasteiger partial charge in [0.05, 0.1) is 0 Å². The molecule has 0 heterocycles. The maximum atomic E-state index is 11.3. The average molecular weight is 314 g/mol. The number of esters is 2. The van der Waals surface area contributed by atoms with Crippen LogP contribution >= 0.6 is 0 Å². The van der Waals surface area contributed by atoms with E-state index in [-0.39, 0.29) is 11.8 Å². The summed E-state index contributed by atoms with van der Waals surface area (Å²) < 4.78 is 10.6. The van der Waals surface area contributed by atoms with Gasteiger partial charge in [-0.2, -0.15) is 0 Å². The lowest BCUT2D eigenvalue weighted by molar-refractivity contribution is -0.162. The van der Waals surface area contributed by atoms with Gasteiger partial charge in [0.15, 0.2) is 0 Å². The molecule has 0 amide bonds. The number of rotatable bonds is 8. The molecule has 2 atom stereocenters. The van der Waals surface area contributed by atoms with Gasteiger partial charge in [-0.25, -0.2) is 0 Å². The first-order chi connectivity index (χ1) is 9.87. The Bertz CT molecular complexity index is 382. The van der Waals surface area contributed by atoms with Crippen LogP contribution < -0.4 is 0 Å². The van der Waals surface area contributed by atoms with Crippen molar-refractivity contribution in [2.45, 2.75) is 79.7 Å². The third kappa shape index (κ3) is 8.74. The molecule has 0 fully saturated rings. The molecule has 0 bridgehead atoms. The van der Waals surface area contributed by atoms with Crippen LogP contribution in [0.1, 0.15) is 68.2 Å². The van der Waals surface area contributed by atoms with Crippen molar-refractivity contribution in [3.63, 3.8) is 0 Å². The highest BCUT2D eigenvalue weighted by molar-refractivity contribution is 5.66. The van der Waals surface area contributed by atoms with Crippen molar-refractivity contribution in [1.82, 2.24) is 0 Å². The molecule has 0 aromatic carbocycles. The monoisotopic (exact) mass is 314 g/mol. The predicted octanol–water partition coefficient (Wildman–Crippen LogP) is 4.09. The zero-order chi connectivity index (χ0) is 17.6. The van der Waals surface area contributed by atoms with Crippen molar-refractivity contribution >= 4 is 11.9 Å². The predicted molar refractivity (Wildman–Crippen MR) is 84.1 cm³/mol. The van der Waals surface area contributed by atoms with Gasteiger partial charge in [0.1, 0.15) is 0 Å². The summed E-state index contributed by atoms with van der Waals surface area (Å²) in [6.07, 6.45) is 1.07. The minimum absolute atomic E-state index is 0.272. The first kappa shape index (κ1) is 20.5. The van der Waals surface area contributed by atoms with Crippen LogP contribution in [0.25, 0.3) is 0 Å². The van der Waals surface area contributed by atoms with Gasteiger partial charge < -0.3 is 9.47 Å². The quantitative estimate of drug-likeness (QED) is 0.499. The lowest BCUT2D eigenvalue weighted by Gasteiger charge is -2.29. The summed E-state index contributed by atoms with van der Waals surface area (Å²) in [5.41, 5.74) is -2.11. The standard InChI is InChI=1S/C16H30N2O4/c1-11(2)9-15(7,21-13(5)19)17-18-16(8,10-12(3)4)22-14(6)20/h11-12H,9-10H2,1-8H3. The molecule has 6 heteroatoms. The van der Waals surface area contributed by atoms with Gasteiger partial charge in [-0.1, -0.05) is 27.7 Å². The number of nitrogens with zero attached hydrogens (tertiary/aromatic N) is 2. The molecule has 2 unspecified atom stereocenters. The Balaban J connectivity index is 5.36. The average Bonchev–Trinajstić information content (AvgIpc) is 2.21. The third-order valence-corrected chi connectivity index (χ3v) is 2.77. The van der Waals surface area contributed by atoms with Crippen molar-refractivity contribution < 1.29 is 19.1 Å². The van der Waals surface area contributed by atoms with Crippen LogP contribution in [-0.4, -0.2) is 23.4 Å². The van der Waals surface area contributed by atoms with Crippen molar-refractivity contribution in [3.05, 3.63) is 0 Å². The molecule has 0 saturated carbocycles. The van der Waals surface area contributed by atoms with Crippen LogP contribution in [0.2, 0.25) is 0 Å². The minimum atomic E-state index is -1.06. The van der Waals surface area contributed by atoms with E-state index in [9.17, 15) is 9.59 Å². The Morgan fingerprint density at radius 2 is 1.09 bits per heavy atom. The molecular formula is C16H30N2O4. The summed E-state index contributed by atoms with van der Waals surface area (Å²) in [7, 11) is 0. The highest BCUT2D eigenvalue weighted by atomic mass is 16.6. The van der Waals surface area contributed by atoms with Gasteiger partial charge in [0.2, 0.25) is 11.4 Å². The van der Waals surface area contributed by atoms with E-state index in [2.05, 4.69) is 10.2 Å². The third-order valence-electron chi connectivity index (χ3n) is 2.77. The first-order valence-corrected chi connectivity index (χ1v) is 7.70.